The third-order valence-electron chi connectivity index (χ3n) is 3.19. The van der Waals surface area contributed by atoms with E-state index >= 15 is 0 Å². The van der Waals surface area contributed by atoms with Gasteiger partial charge >= 0.3 is 0 Å². The lowest BCUT2D eigenvalue weighted by Crippen LogP contribution is -1.95. The molecule has 0 bridgehead atoms. The molecular weight excluding hydrogens is 132 g/mol. The number of rotatable bonds is 4. The molecule has 0 heterocycles. The monoisotopic (exact) mass is 154 g/mol. The summed E-state index contributed by atoms with van der Waals surface area (Å²) in [6.07, 6.45) is 10.4. The number of hydrogen-bond acceptors (Lipinski definition) is 0. The van der Waals surface area contributed by atoms with Crippen molar-refractivity contribution in [2.45, 2.75) is 58.8 Å². The van der Waals surface area contributed by atoms with Crippen LogP contribution in [0.1, 0.15) is 58.8 Å². The van der Waals surface area contributed by atoms with Gasteiger partial charge in [-0.25, -0.2) is 0 Å². The third-order valence-corrected chi connectivity index (χ3v) is 3.19. The molecule has 0 radical (unpaired) electrons. The van der Waals surface area contributed by atoms with Gasteiger partial charge in [0.05, 0.1) is 0 Å². The lowest BCUT2D eigenvalue weighted by Gasteiger charge is -2.08. The first-order valence-electron chi connectivity index (χ1n) is 5.36. The Hall–Kier alpha value is 0. The number of hydrogen-bond donors (Lipinski definition) is 0. The highest BCUT2D eigenvalue weighted by Crippen LogP contribution is 2.35. The summed E-state index contributed by atoms with van der Waals surface area (Å²) in [5.41, 5.74) is 0. The molecular formula is C11H22. The summed E-state index contributed by atoms with van der Waals surface area (Å²) < 4.78 is 0. The van der Waals surface area contributed by atoms with Gasteiger partial charge in [-0.2, -0.15) is 0 Å². The predicted molar refractivity (Wildman–Crippen MR) is 50.6 cm³/mol. The summed E-state index contributed by atoms with van der Waals surface area (Å²) in [5.74, 6) is 2.18. The van der Waals surface area contributed by atoms with Gasteiger partial charge in [0.25, 0.3) is 0 Å². The molecule has 1 saturated carbocycles. The second-order valence-corrected chi connectivity index (χ2v) is 4.10. The van der Waals surface area contributed by atoms with Crippen LogP contribution in [0, 0.1) is 11.8 Å². The fraction of sp³-hybridized carbons (Fsp3) is 1.00. The summed E-state index contributed by atoms with van der Waals surface area (Å²) in [4.78, 5) is 0. The van der Waals surface area contributed by atoms with Crippen LogP contribution in [-0.4, -0.2) is 0 Å². The van der Waals surface area contributed by atoms with Gasteiger partial charge in [0.2, 0.25) is 0 Å². The van der Waals surface area contributed by atoms with Crippen LogP contribution in [0.2, 0.25) is 0 Å². The molecule has 0 N–H and O–H groups in total. The fourth-order valence-corrected chi connectivity index (χ4v) is 2.30. The zero-order chi connectivity index (χ0) is 8.10. The molecule has 66 valence electrons. The molecule has 0 nitrogen and oxygen atoms in total. The maximum absolute atomic E-state index is 2.34. The van der Waals surface area contributed by atoms with E-state index in [4.69, 9.17) is 0 Å². The first kappa shape index (κ1) is 9.09. The van der Waals surface area contributed by atoms with E-state index in [-0.39, 0.29) is 0 Å². The third kappa shape index (κ3) is 2.84. The topological polar surface area (TPSA) is 0 Å². The van der Waals surface area contributed by atoms with Gasteiger partial charge in [-0.3, -0.25) is 0 Å². The maximum Gasteiger partial charge on any atom is -0.0412 e. The van der Waals surface area contributed by atoms with Crippen molar-refractivity contribution in [1.82, 2.24) is 0 Å². The quantitative estimate of drug-likeness (QED) is 0.574. The molecule has 1 aliphatic carbocycles. The zero-order valence-electron chi connectivity index (χ0n) is 8.10. The first-order chi connectivity index (χ1) is 5.36. The van der Waals surface area contributed by atoms with E-state index in [0.717, 1.165) is 11.8 Å². The summed E-state index contributed by atoms with van der Waals surface area (Å²) in [7, 11) is 0. The fourth-order valence-electron chi connectivity index (χ4n) is 2.30. The van der Waals surface area contributed by atoms with Crippen molar-refractivity contribution in [3.63, 3.8) is 0 Å². The summed E-state index contributed by atoms with van der Waals surface area (Å²) >= 11 is 0. The van der Waals surface area contributed by atoms with Gasteiger partial charge in [-0.1, -0.05) is 52.4 Å². The van der Waals surface area contributed by atoms with Crippen LogP contribution in [0.25, 0.3) is 0 Å². The van der Waals surface area contributed by atoms with Crippen LogP contribution in [0.15, 0.2) is 0 Å². The standard InChI is InChI=1S/C11H22/c1-3-5-6-11-8-7-10(4-2)9-11/h10-11H,3-9H2,1-2H3. The lowest BCUT2D eigenvalue weighted by molar-refractivity contribution is 0.444. The highest BCUT2D eigenvalue weighted by atomic mass is 14.3. The minimum absolute atomic E-state index is 1.08. The Labute approximate surface area is 71.4 Å². The van der Waals surface area contributed by atoms with E-state index in [9.17, 15) is 0 Å². The van der Waals surface area contributed by atoms with E-state index < -0.39 is 0 Å². The Morgan fingerprint density at radius 2 is 1.82 bits per heavy atom. The minimum Gasteiger partial charge on any atom is -0.0654 e. The van der Waals surface area contributed by atoms with Gasteiger partial charge in [-0.05, 0) is 18.3 Å². The van der Waals surface area contributed by atoms with E-state index in [1.807, 2.05) is 0 Å². The van der Waals surface area contributed by atoms with E-state index in [0.29, 0.717) is 0 Å². The van der Waals surface area contributed by atoms with Crippen LogP contribution < -0.4 is 0 Å². The molecule has 1 rings (SSSR count). The minimum atomic E-state index is 1.08. The molecule has 0 spiro atoms. The van der Waals surface area contributed by atoms with Crippen LogP contribution >= 0.6 is 0 Å². The normalized spacial score (nSPS) is 31.1. The smallest absolute Gasteiger partial charge is 0.0412 e. The summed E-state index contributed by atoms with van der Waals surface area (Å²) in [6.45, 7) is 4.64. The van der Waals surface area contributed by atoms with Crippen LogP contribution in [0.5, 0.6) is 0 Å². The summed E-state index contributed by atoms with van der Waals surface area (Å²) in [5, 5.41) is 0. The lowest BCUT2D eigenvalue weighted by atomic mass is 9.98. The Bertz CT molecular complexity index is 96.2. The molecule has 1 aliphatic rings. The predicted octanol–water partition coefficient (Wildman–Crippen LogP) is 4.00. The molecule has 0 amide bonds. The van der Waals surface area contributed by atoms with Crippen molar-refractivity contribution in [2.24, 2.45) is 11.8 Å². The average Bonchev–Trinajstić information content (AvgIpc) is 2.48. The largest absolute Gasteiger partial charge is 0.0654 e. The van der Waals surface area contributed by atoms with E-state index in [1.54, 1.807) is 0 Å². The molecule has 0 saturated heterocycles. The van der Waals surface area contributed by atoms with Crippen molar-refractivity contribution in [2.75, 3.05) is 0 Å². The molecule has 0 aliphatic heterocycles. The second-order valence-electron chi connectivity index (χ2n) is 4.10. The molecule has 11 heavy (non-hydrogen) atoms. The average molecular weight is 154 g/mol. The van der Waals surface area contributed by atoms with E-state index in [2.05, 4.69) is 13.8 Å². The van der Waals surface area contributed by atoms with Crippen molar-refractivity contribution in [3.8, 4) is 0 Å². The van der Waals surface area contributed by atoms with Crippen LogP contribution in [-0.2, 0) is 0 Å². The SMILES string of the molecule is CCCCC1CCC(CC)C1. The molecule has 0 heteroatoms. The van der Waals surface area contributed by atoms with E-state index in [1.165, 1.54) is 44.9 Å². The van der Waals surface area contributed by atoms with Crippen molar-refractivity contribution >= 4 is 0 Å². The highest BCUT2D eigenvalue weighted by Gasteiger charge is 2.22. The number of unbranched alkanes of at least 4 members (excludes halogenated alkanes) is 1. The van der Waals surface area contributed by atoms with Gasteiger partial charge < -0.3 is 0 Å². The first-order valence-corrected chi connectivity index (χ1v) is 5.36. The Kier molecular flexibility index (Phi) is 3.96. The van der Waals surface area contributed by atoms with Gasteiger partial charge in [0.15, 0.2) is 0 Å². The van der Waals surface area contributed by atoms with Crippen LogP contribution in [0.4, 0.5) is 0 Å². The molecule has 1 fully saturated rings. The summed E-state index contributed by atoms with van der Waals surface area (Å²) in [6, 6.07) is 0. The Morgan fingerprint density at radius 3 is 2.36 bits per heavy atom. The molecule has 0 aromatic heterocycles. The van der Waals surface area contributed by atoms with Crippen molar-refractivity contribution < 1.29 is 0 Å². The van der Waals surface area contributed by atoms with Gasteiger partial charge in [0, 0.05) is 0 Å². The molecule has 0 aromatic rings. The maximum atomic E-state index is 2.34. The van der Waals surface area contributed by atoms with Gasteiger partial charge in [-0.15, -0.1) is 0 Å². The van der Waals surface area contributed by atoms with Gasteiger partial charge in [0.1, 0.15) is 0 Å². The second kappa shape index (κ2) is 4.79. The molecule has 0 aromatic carbocycles. The van der Waals surface area contributed by atoms with Crippen molar-refractivity contribution in [3.05, 3.63) is 0 Å². The Balaban J connectivity index is 2.09. The van der Waals surface area contributed by atoms with Crippen LogP contribution in [0.3, 0.4) is 0 Å². The van der Waals surface area contributed by atoms with Crippen molar-refractivity contribution in [1.29, 1.82) is 0 Å². The molecule has 2 unspecified atom stereocenters. The Morgan fingerprint density at radius 1 is 1.09 bits per heavy atom. The highest BCUT2D eigenvalue weighted by molar-refractivity contribution is 4.74. The molecule has 2 atom stereocenters. The zero-order valence-corrected chi connectivity index (χ0v) is 8.10.